The zero-order chi connectivity index (χ0) is 25.3. The molecule has 0 amide bonds. The average molecular weight is 473 g/mol. The highest BCUT2D eigenvalue weighted by Gasteiger charge is 2.74. The lowest BCUT2D eigenvalue weighted by molar-refractivity contribution is -0.203. The van der Waals surface area contributed by atoms with Crippen LogP contribution in [0.1, 0.15) is 93.4 Å². The summed E-state index contributed by atoms with van der Waals surface area (Å²) in [5, 5.41) is 33.7. The Morgan fingerprint density at radius 2 is 1.62 bits per heavy atom. The molecule has 0 bridgehead atoms. The summed E-state index contributed by atoms with van der Waals surface area (Å²) >= 11 is 0. The van der Waals surface area contributed by atoms with E-state index in [-0.39, 0.29) is 34.4 Å². The third-order valence-corrected chi connectivity index (χ3v) is 13.0. The molecular formula is C29H44O5. The molecule has 0 aromatic heterocycles. The van der Waals surface area contributed by atoms with Gasteiger partial charge < -0.3 is 15.3 Å². The number of rotatable bonds is 1. The van der Waals surface area contributed by atoms with Crippen LogP contribution >= 0.6 is 0 Å². The van der Waals surface area contributed by atoms with Crippen molar-refractivity contribution in [2.75, 3.05) is 0 Å². The number of hydrogen-bond donors (Lipinski definition) is 3. The number of carboxylic acid groups (broad SMARTS) is 1. The molecule has 5 aliphatic rings. The minimum absolute atomic E-state index is 0.0262. The Morgan fingerprint density at radius 3 is 2.24 bits per heavy atom. The number of carbonyl (C=O) groups is 2. The maximum absolute atomic E-state index is 13.2. The molecule has 190 valence electrons. The number of Topliss-reactive ketones (excluding diaryl/α,β-unsaturated/α-hetero) is 1. The lowest BCUT2D eigenvalue weighted by Gasteiger charge is -2.69. The second-order valence-electron chi connectivity index (χ2n) is 14.2. The first kappa shape index (κ1) is 24.5. The van der Waals surface area contributed by atoms with Gasteiger partial charge in [-0.05, 0) is 80.5 Å². The Morgan fingerprint density at radius 1 is 0.971 bits per heavy atom. The zero-order valence-corrected chi connectivity index (χ0v) is 22.1. The van der Waals surface area contributed by atoms with Crippen molar-refractivity contribution in [1.82, 2.24) is 0 Å². The lowest BCUT2D eigenvalue weighted by Crippen LogP contribution is -2.66. The maximum Gasteiger partial charge on any atom is 0.310 e. The van der Waals surface area contributed by atoms with E-state index in [2.05, 4.69) is 33.8 Å². The first-order valence-electron chi connectivity index (χ1n) is 13.4. The van der Waals surface area contributed by atoms with E-state index in [1.807, 2.05) is 20.8 Å². The lowest BCUT2D eigenvalue weighted by atomic mass is 9.35. The molecule has 5 nitrogen and oxygen atoms in total. The Kier molecular flexibility index (Phi) is 4.87. The SMILES string of the molecule is CC1CC[C@]2(C(=O)O)CC[C@]3(C)C(=CC[C@@H]4[C@@]5(C)C(O)C(=O)C(C)(C)[C@@H]5CC[C@]43C)[C@@H]2[C@]1(C)O. The summed E-state index contributed by atoms with van der Waals surface area (Å²) in [4.78, 5) is 26.0. The standard InChI is InChI=1S/C29H44O5/c1-16-10-13-29(23(32)33)15-14-25(4)17(20(29)28(16,7)34)8-9-19-26(25,5)12-11-18-24(2,3)21(30)22(31)27(18,19)6/h8,16,18-20,22,31,34H,9-15H2,1-7H3,(H,32,33)/t16?,18-,19-,20+,22?,25+,26+,27-,28+,29-/m0/s1. The summed E-state index contributed by atoms with van der Waals surface area (Å²) in [7, 11) is 0. The fourth-order valence-corrected chi connectivity index (χ4v) is 10.5. The summed E-state index contributed by atoms with van der Waals surface area (Å²) in [5.41, 5.74) is -2.35. The van der Waals surface area contributed by atoms with Gasteiger partial charge in [-0.1, -0.05) is 53.2 Å². The summed E-state index contributed by atoms with van der Waals surface area (Å²) in [6, 6.07) is 0. The highest BCUT2D eigenvalue weighted by Crippen LogP contribution is 2.76. The number of ketones is 1. The summed E-state index contributed by atoms with van der Waals surface area (Å²) in [6.07, 6.45) is 6.54. The van der Waals surface area contributed by atoms with Crippen LogP contribution in [0.2, 0.25) is 0 Å². The van der Waals surface area contributed by atoms with Crippen LogP contribution in [0, 0.1) is 50.7 Å². The number of fused-ring (bicyclic) bond motifs is 7. The molecule has 3 N–H and O–H groups in total. The van der Waals surface area contributed by atoms with E-state index in [0.717, 1.165) is 37.7 Å². The van der Waals surface area contributed by atoms with Crippen LogP contribution in [0.25, 0.3) is 0 Å². The van der Waals surface area contributed by atoms with E-state index in [1.165, 1.54) is 0 Å². The third-order valence-electron chi connectivity index (χ3n) is 13.0. The van der Waals surface area contributed by atoms with Crippen LogP contribution in [0.15, 0.2) is 11.6 Å². The van der Waals surface area contributed by atoms with Crippen LogP contribution in [0.3, 0.4) is 0 Å². The molecule has 10 atom stereocenters. The topological polar surface area (TPSA) is 94.8 Å². The minimum Gasteiger partial charge on any atom is -0.481 e. The molecular weight excluding hydrogens is 428 g/mol. The monoisotopic (exact) mass is 472 g/mol. The van der Waals surface area contributed by atoms with Crippen molar-refractivity contribution < 1.29 is 24.9 Å². The van der Waals surface area contributed by atoms with Gasteiger partial charge in [-0.3, -0.25) is 9.59 Å². The molecule has 0 aromatic carbocycles. The zero-order valence-electron chi connectivity index (χ0n) is 22.1. The minimum atomic E-state index is -1.08. The number of allylic oxidation sites excluding steroid dienone is 1. The molecule has 0 heterocycles. The van der Waals surface area contributed by atoms with Gasteiger partial charge in [0.1, 0.15) is 6.10 Å². The normalized spacial score (nSPS) is 56.0. The Labute approximate surface area is 204 Å². The van der Waals surface area contributed by atoms with E-state index in [0.29, 0.717) is 12.8 Å². The largest absolute Gasteiger partial charge is 0.481 e. The van der Waals surface area contributed by atoms with E-state index >= 15 is 0 Å². The van der Waals surface area contributed by atoms with Gasteiger partial charge in [0, 0.05) is 16.7 Å². The average Bonchev–Trinajstić information content (AvgIpc) is 2.88. The molecule has 0 radical (unpaired) electrons. The van der Waals surface area contributed by atoms with Gasteiger partial charge in [0.05, 0.1) is 11.0 Å². The van der Waals surface area contributed by atoms with Crippen LogP contribution in [-0.4, -0.2) is 38.8 Å². The number of aliphatic hydroxyl groups excluding tert-OH is 1. The van der Waals surface area contributed by atoms with Crippen molar-refractivity contribution in [3.63, 3.8) is 0 Å². The van der Waals surface area contributed by atoms with Crippen molar-refractivity contribution in [1.29, 1.82) is 0 Å². The summed E-state index contributed by atoms with van der Waals surface area (Å²) in [5.74, 6) is -0.900. The van der Waals surface area contributed by atoms with E-state index < -0.39 is 39.8 Å². The fraction of sp³-hybridized carbons (Fsp3) is 0.862. The summed E-state index contributed by atoms with van der Waals surface area (Å²) < 4.78 is 0. The van der Waals surface area contributed by atoms with Gasteiger partial charge in [0.15, 0.2) is 5.78 Å². The van der Waals surface area contributed by atoms with Crippen molar-refractivity contribution in [3.05, 3.63) is 11.6 Å². The van der Waals surface area contributed by atoms with Gasteiger partial charge >= 0.3 is 5.97 Å². The molecule has 2 unspecified atom stereocenters. The quantitative estimate of drug-likeness (QED) is 0.467. The van der Waals surface area contributed by atoms with E-state index in [4.69, 9.17) is 0 Å². The number of aliphatic carboxylic acids is 1. The Balaban J connectivity index is 1.68. The summed E-state index contributed by atoms with van der Waals surface area (Å²) in [6.45, 7) is 14.7. The first-order chi connectivity index (χ1) is 15.5. The number of carboxylic acids is 1. The smallest absolute Gasteiger partial charge is 0.310 e. The first-order valence-corrected chi connectivity index (χ1v) is 13.4. The van der Waals surface area contributed by atoms with Crippen LogP contribution in [-0.2, 0) is 9.59 Å². The highest BCUT2D eigenvalue weighted by molar-refractivity contribution is 5.92. The molecule has 5 aliphatic carbocycles. The molecule has 0 spiro atoms. The van der Waals surface area contributed by atoms with Crippen molar-refractivity contribution >= 4 is 11.8 Å². The molecule has 4 fully saturated rings. The van der Waals surface area contributed by atoms with Gasteiger partial charge in [-0.25, -0.2) is 0 Å². The molecule has 0 aliphatic heterocycles. The van der Waals surface area contributed by atoms with Gasteiger partial charge in [-0.2, -0.15) is 0 Å². The number of aliphatic hydroxyl groups is 2. The second-order valence-corrected chi connectivity index (χ2v) is 14.2. The predicted molar refractivity (Wildman–Crippen MR) is 130 cm³/mol. The molecule has 5 rings (SSSR count). The Hall–Kier alpha value is -1.20. The molecule has 0 saturated heterocycles. The molecule has 0 aromatic rings. The number of hydrogen-bond acceptors (Lipinski definition) is 4. The van der Waals surface area contributed by atoms with Gasteiger partial charge in [-0.15, -0.1) is 0 Å². The van der Waals surface area contributed by atoms with Crippen LogP contribution < -0.4 is 0 Å². The fourth-order valence-electron chi connectivity index (χ4n) is 10.5. The van der Waals surface area contributed by atoms with Crippen molar-refractivity contribution in [2.45, 2.75) is 105 Å². The maximum atomic E-state index is 13.2. The predicted octanol–water partition coefficient (Wildman–Crippen LogP) is 4.99. The van der Waals surface area contributed by atoms with Crippen molar-refractivity contribution in [2.24, 2.45) is 50.7 Å². The van der Waals surface area contributed by atoms with Crippen LogP contribution in [0.5, 0.6) is 0 Å². The second kappa shape index (κ2) is 6.76. The van der Waals surface area contributed by atoms with Crippen LogP contribution in [0.4, 0.5) is 0 Å². The van der Waals surface area contributed by atoms with Crippen molar-refractivity contribution in [3.8, 4) is 0 Å². The third kappa shape index (κ3) is 2.44. The highest BCUT2D eigenvalue weighted by atomic mass is 16.4. The molecule has 5 heteroatoms. The van der Waals surface area contributed by atoms with Gasteiger partial charge in [0.2, 0.25) is 0 Å². The number of carbonyl (C=O) groups excluding carboxylic acids is 1. The molecule has 34 heavy (non-hydrogen) atoms. The Bertz CT molecular complexity index is 979. The molecule has 4 saturated carbocycles. The van der Waals surface area contributed by atoms with Gasteiger partial charge in [0.25, 0.3) is 0 Å². The van der Waals surface area contributed by atoms with E-state index in [1.54, 1.807) is 0 Å². The van der Waals surface area contributed by atoms with E-state index in [9.17, 15) is 24.9 Å².